The Morgan fingerprint density at radius 1 is 0.604 bits per heavy atom. The number of hydrogen-bond acceptors (Lipinski definition) is 3. The van der Waals surface area contributed by atoms with E-state index in [0.29, 0.717) is 17.8 Å². The summed E-state index contributed by atoms with van der Waals surface area (Å²) < 4.78 is 0. The average molecular weight is 684 g/mol. The summed E-state index contributed by atoms with van der Waals surface area (Å²) in [6, 6.07) is 54.7. The van der Waals surface area contributed by atoms with Crippen LogP contribution < -0.4 is 26.2 Å². The van der Waals surface area contributed by atoms with E-state index >= 15 is 0 Å². The predicted octanol–water partition coefficient (Wildman–Crippen LogP) is 7.77. The van der Waals surface area contributed by atoms with E-state index < -0.39 is 0 Å². The Morgan fingerprint density at radius 2 is 1.26 bits per heavy atom. The first kappa shape index (κ1) is 31.7. The molecule has 1 N–H and O–H groups in total. The second-order valence-electron chi connectivity index (χ2n) is 15.4. The van der Waals surface area contributed by atoms with Crippen molar-refractivity contribution in [3.05, 3.63) is 200 Å². The molecule has 0 aromatic heterocycles. The normalized spacial score (nSPS) is 21.9. The number of benzene rings is 6. The molecule has 3 nitrogen and oxygen atoms in total. The molecule has 0 radical (unpaired) electrons. The molecule has 0 saturated carbocycles. The molecule has 256 valence electrons. The predicted molar refractivity (Wildman–Crippen MR) is 219 cm³/mol. The van der Waals surface area contributed by atoms with Crippen LogP contribution in [0.15, 0.2) is 162 Å². The lowest BCUT2D eigenvalue weighted by molar-refractivity contribution is 0.486. The molecule has 0 spiro atoms. The average Bonchev–Trinajstić information content (AvgIpc) is 3.47. The maximum atomic E-state index is 5.09. The van der Waals surface area contributed by atoms with Crippen molar-refractivity contribution in [2.75, 3.05) is 0 Å². The molecule has 4 aliphatic rings. The summed E-state index contributed by atoms with van der Waals surface area (Å²) in [4.78, 5) is 10.0. The molecule has 4 atom stereocenters. The van der Waals surface area contributed by atoms with Gasteiger partial charge in [-0.15, -0.1) is 0 Å². The topological polar surface area (TPSA) is 36.8 Å². The Morgan fingerprint density at radius 3 is 2.04 bits per heavy atom. The van der Waals surface area contributed by atoms with Crippen LogP contribution >= 0.6 is 0 Å². The van der Waals surface area contributed by atoms with E-state index in [1.165, 1.54) is 43.1 Å². The first-order chi connectivity index (χ1) is 26.0. The van der Waals surface area contributed by atoms with Gasteiger partial charge in [-0.3, -0.25) is 0 Å². The fourth-order valence-corrected chi connectivity index (χ4v) is 9.32. The van der Waals surface area contributed by atoms with Crippen molar-refractivity contribution in [1.82, 2.24) is 5.32 Å². The third-order valence-corrected chi connectivity index (χ3v) is 11.9. The minimum Gasteiger partial charge on any atom is -0.344 e. The van der Waals surface area contributed by atoms with Gasteiger partial charge < -0.3 is 5.32 Å². The van der Waals surface area contributed by atoms with Crippen LogP contribution in [0.2, 0.25) is 0 Å². The minimum atomic E-state index is -0.250. The standard InChI is InChI=1S/C50H41N3/c1-50(2)44-31-38(33-21-24-36(25-22-33)49-52-47(34-14-5-3-6-15-34)51-48(53-49)35-16-7-4-8-17-35)27-28-42(44)45-43(30-39-19-11-12-20-41(39)46(45)50)40-26-23-32-13-9-10-18-37(32)29-40/h3-25,27-31,40,43,45,49H,26H2,1-2H3,(H,51,52,53). The van der Waals surface area contributed by atoms with E-state index in [1.54, 1.807) is 5.57 Å². The van der Waals surface area contributed by atoms with Crippen LogP contribution in [-0.2, 0) is 5.41 Å². The molecule has 6 aromatic carbocycles. The van der Waals surface area contributed by atoms with Crippen LogP contribution in [0.5, 0.6) is 0 Å². The summed E-state index contributed by atoms with van der Waals surface area (Å²) in [5.74, 6) is 2.75. The zero-order chi connectivity index (χ0) is 35.5. The second kappa shape index (κ2) is 12.6. The highest BCUT2D eigenvalue weighted by Crippen LogP contribution is 2.57. The highest BCUT2D eigenvalue weighted by Gasteiger charge is 2.47. The summed E-state index contributed by atoms with van der Waals surface area (Å²) in [7, 11) is 0. The van der Waals surface area contributed by atoms with Gasteiger partial charge in [0.15, 0.2) is 5.84 Å². The Bertz CT molecular complexity index is 2700. The molecule has 1 aliphatic heterocycles. The smallest absolute Gasteiger partial charge is 0.159 e. The molecule has 3 aliphatic carbocycles. The molecule has 4 unspecified atom stereocenters. The quantitative estimate of drug-likeness (QED) is 0.198. The lowest BCUT2D eigenvalue weighted by Crippen LogP contribution is -2.41. The van der Waals surface area contributed by atoms with Gasteiger partial charge >= 0.3 is 0 Å². The van der Waals surface area contributed by atoms with Crippen LogP contribution in [0.3, 0.4) is 0 Å². The zero-order valence-electron chi connectivity index (χ0n) is 30.1. The third-order valence-electron chi connectivity index (χ3n) is 11.9. The Balaban J connectivity index is 1.01. The first-order valence-corrected chi connectivity index (χ1v) is 18.9. The molecule has 0 amide bonds. The number of nitrogens with zero attached hydrogens (tertiary/aromatic N) is 2. The van der Waals surface area contributed by atoms with E-state index in [-0.39, 0.29) is 11.6 Å². The van der Waals surface area contributed by atoms with E-state index in [0.717, 1.165) is 34.8 Å². The van der Waals surface area contributed by atoms with Gasteiger partial charge in [-0.2, -0.15) is 0 Å². The van der Waals surface area contributed by atoms with Gasteiger partial charge in [0.1, 0.15) is 12.0 Å². The maximum Gasteiger partial charge on any atom is 0.159 e. The van der Waals surface area contributed by atoms with Crippen molar-refractivity contribution in [2.45, 2.75) is 37.8 Å². The summed E-state index contributed by atoms with van der Waals surface area (Å²) in [5, 5.41) is 9.13. The highest BCUT2D eigenvalue weighted by atomic mass is 15.2. The summed E-state index contributed by atoms with van der Waals surface area (Å²) in [6.07, 6.45) is 8.40. The van der Waals surface area contributed by atoms with Gasteiger partial charge in [0.25, 0.3) is 0 Å². The van der Waals surface area contributed by atoms with Crippen LogP contribution in [0.1, 0.15) is 60.2 Å². The lowest BCUT2D eigenvalue weighted by atomic mass is 9.68. The SMILES string of the molecule is CC1(C)C2=c3ccccc3=CC(C3C=c4ccccc4=CC3)C2c2ccc(-c3ccc(C4N=C(c5ccccc5)N=C(c5ccccc5)N4)cc3)cc21. The van der Waals surface area contributed by atoms with Crippen LogP contribution in [0.25, 0.3) is 34.9 Å². The summed E-state index contributed by atoms with van der Waals surface area (Å²) >= 11 is 0. The van der Waals surface area contributed by atoms with Gasteiger partial charge in [0.2, 0.25) is 0 Å². The number of fused-ring (bicyclic) bond motifs is 5. The van der Waals surface area contributed by atoms with Crippen LogP contribution in [0.4, 0.5) is 0 Å². The first-order valence-electron chi connectivity index (χ1n) is 18.9. The third kappa shape index (κ3) is 5.42. The second-order valence-corrected chi connectivity index (χ2v) is 15.4. The van der Waals surface area contributed by atoms with Crippen molar-refractivity contribution in [3.63, 3.8) is 0 Å². The number of amidine groups is 2. The summed E-state index contributed by atoms with van der Waals surface area (Å²) in [5.41, 5.74) is 10.0. The Labute approximate surface area is 310 Å². The molecule has 0 saturated heterocycles. The van der Waals surface area contributed by atoms with Gasteiger partial charge in [-0.05, 0) is 78.6 Å². The molecular weight excluding hydrogens is 643 g/mol. The van der Waals surface area contributed by atoms with E-state index in [9.17, 15) is 0 Å². The monoisotopic (exact) mass is 683 g/mol. The molecular formula is C50H41N3. The Hall–Kier alpha value is -6.06. The van der Waals surface area contributed by atoms with Crippen LogP contribution in [0, 0.1) is 11.8 Å². The number of hydrogen-bond donors (Lipinski definition) is 1. The fourth-order valence-electron chi connectivity index (χ4n) is 9.32. The molecule has 1 heterocycles. The highest BCUT2D eigenvalue weighted by molar-refractivity contribution is 6.13. The van der Waals surface area contributed by atoms with Gasteiger partial charge in [0.05, 0.1) is 0 Å². The molecule has 0 bridgehead atoms. The van der Waals surface area contributed by atoms with Gasteiger partial charge in [0, 0.05) is 22.5 Å². The Kier molecular flexibility index (Phi) is 7.50. The van der Waals surface area contributed by atoms with Crippen molar-refractivity contribution in [1.29, 1.82) is 0 Å². The molecule has 53 heavy (non-hydrogen) atoms. The van der Waals surface area contributed by atoms with Crippen LogP contribution in [-0.4, -0.2) is 11.7 Å². The molecule has 0 fully saturated rings. The maximum absolute atomic E-state index is 5.09. The molecule has 10 rings (SSSR count). The number of rotatable bonds is 5. The van der Waals surface area contributed by atoms with Gasteiger partial charge in [-0.1, -0.05) is 178 Å². The summed E-state index contributed by atoms with van der Waals surface area (Å²) in [6.45, 7) is 4.89. The lowest BCUT2D eigenvalue weighted by Gasteiger charge is -2.35. The van der Waals surface area contributed by atoms with E-state index in [1.807, 2.05) is 36.4 Å². The zero-order valence-corrected chi connectivity index (χ0v) is 30.1. The van der Waals surface area contributed by atoms with Crippen molar-refractivity contribution in [3.8, 4) is 11.1 Å². The molecule has 6 aromatic rings. The number of aliphatic imine (C=N–C) groups is 2. The van der Waals surface area contributed by atoms with E-state index in [2.05, 4.69) is 153 Å². The van der Waals surface area contributed by atoms with Gasteiger partial charge in [-0.25, -0.2) is 9.98 Å². The minimum absolute atomic E-state index is 0.101. The van der Waals surface area contributed by atoms with E-state index in [4.69, 9.17) is 9.98 Å². The number of nitrogens with one attached hydrogen (secondary N) is 1. The van der Waals surface area contributed by atoms with Crippen molar-refractivity contribution < 1.29 is 0 Å². The van der Waals surface area contributed by atoms with Crippen molar-refractivity contribution >= 4 is 35.5 Å². The largest absolute Gasteiger partial charge is 0.344 e. The fraction of sp³-hybridized carbons (Fsp3) is 0.160. The van der Waals surface area contributed by atoms with Crippen molar-refractivity contribution in [2.24, 2.45) is 21.8 Å². The molecule has 3 heteroatoms.